The van der Waals surface area contributed by atoms with E-state index in [9.17, 15) is 0 Å². The smallest absolute Gasteiger partial charge is 0.140 e. The molecule has 0 atom stereocenters. The van der Waals surface area contributed by atoms with E-state index in [1.54, 1.807) is 17.7 Å². The second-order valence-corrected chi connectivity index (χ2v) is 6.01. The lowest BCUT2D eigenvalue weighted by atomic mass is 10.3. The molecule has 0 saturated heterocycles. The maximum atomic E-state index is 4.48. The summed E-state index contributed by atoms with van der Waals surface area (Å²) in [5.74, 6) is 1.08. The van der Waals surface area contributed by atoms with Gasteiger partial charge < -0.3 is 4.90 Å². The van der Waals surface area contributed by atoms with Crippen LogP contribution in [0, 0.1) is 0 Å². The molecule has 2 aromatic rings. The molecule has 98 valence electrons. The van der Waals surface area contributed by atoms with Crippen molar-refractivity contribution in [3.05, 3.63) is 17.3 Å². The zero-order valence-corrected chi connectivity index (χ0v) is 13.2. The predicted molar refractivity (Wildman–Crippen MR) is 83.1 cm³/mol. The number of aryl methyl sites for hydroxylation is 1. The SMILES string of the molecule is CCc1cc2c(N(CC)CCCBr)ncnc2s1. The summed E-state index contributed by atoms with van der Waals surface area (Å²) >= 11 is 5.26. The van der Waals surface area contributed by atoms with E-state index in [4.69, 9.17) is 0 Å². The van der Waals surface area contributed by atoms with Gasteiger partial charge in [-0.05, 0) is 25.8 Å². The Morgan fingerprint density at radius 2 is 2.17 bits per heavy atom. The minimum absolute atomic E-state index is 0.983. The summed E-state index contributed by atoms with van der Waals surface area (Å²) in [5.41, 5.74) is 0. The highest BCUT2D eigenvalue weighted by Gasteiger charge is 2.12. The lowest BCUT2D eigenvalue weighted by Gasteiger charge is -2.21. The highest BCUT2D eigenvalue weighted by atomic mass is 79.9. The van der Waals surface area contributed by atoms with Gasteiger partial charge in [0.1, 0.15) is 17.0 Å². The van der Waals surface area contributed by atoms with E-state index in [1.807, 2.05) is 0 Å². The fourth-order valence-electron chi connectivity index (χ4n) is 1.98. The van der Waals surface area contributed by atoms with Crippen LogP contribution in [0.25, 0.3) is 10.2 Å². The van der Waals surface area contributed by atoms with Crippen LogP contribution >= 0.6 is 27.3 Å². The molecule has 0 radical (unpaired) electrons. The summed E-state index contributed by atoms with van der Waals surface area (Å²) in [4.78, 5) is 13.7. The van der Waals surface area contributed by atoms with Crippen molar-refractivity contribution >= 4 is 43.3 Å². The summed E-state index contributed by atoms with van der Waals surface area (Å²) in [7, 11) is 0. The number of halogens is 1. The number of hydrogen-bond acceptors (Lipinski definition) is 4. The van der Waals surface area contributed by atoms with E-state index in [-0.39, 0.29) is 0 Å². The Labute approximate surface area is 120 Å². The summed E-state index contributed by atoms with van der Waals surface area (Å²) in [5, 5.41) is 2.23. The number of hydrogen-bond donors (Lipinski definition) is 0. The Morgan fingerprint density at radius 1 is 1.33 bits per heavy atom. The van der Waals surface area contributed by atoms with Crippen molar-refractivity contribution in [2.24, 2.45) is 0 Å². The number of fused-ring (bicyclic) bond motifs is 1. The highest BCUT2D eigenvalue weighted by Crippen LogP contribution is 2.30. The second-order valence-electron chi connectivity index (χ2n) is 4.10. The molecular formula is C13H18BrN3S. The zero-order chi connectivity index (χ0) is 13.0. The molecule has 0 aliphatic heterocycles. The number of nitrogens with zero attached hydrogens (tertiary/aromatic N) is 3. The van der Waals surface area contributed by atoms with Crippen molar-refractivity contribution in [1.82, 2.24) is 9.97 Å². The van der Waals surface area contributed by atoms with E-state index >= 15 is 0 Å². The molecule has 0 aromatic carbocycles. The maximum Gasteiger partial charge on any atom is 0.140 e. The van der Waals surface area contributed by atoms with E-state index in [0.29, 0.717) is 0 Å². The van der Waals surface area contributed by atoms with E-state index in [0.717, 1.165) is 41.9 Å². The van der Waals surface area contributed by atoms with Crippen LogP contribution in [0.5, 0.6) is 0 Å². The summed E-state index contributed by atoms with van der Waals surface area (Å²) in [6, 6.07) is 2.24. The van der Waals surface area contributed by atoms with Crippen LogP contribution in [-0.4, -0.2) is 28.4 Å². The average Bonchev–Trinajstić information content (AvgIpc) is 2.83. The largest absolute Gasteiger partial charge is 0.356 e. The molecule has 0 aliphatic rings. The lowest BCUT2D eigenvalue weighted by Crippen LogP contribution is -2.25. The Kier molecular flexibility index (Phi) is 4.95. The fraction of sp³-hybridized carbons (Fsp3) is 0.538. The van der Waals surface area contributed by atoms with Gasteiger partial charge in [0.2, 0.25) is 0 Å². The van der Waals surface area contributed by atoms with Gasteiger partial charge in [0.05, 0.1) is 5.39 Å². The number of rotatable bonds is 6. The third-order valence-corrected chi connectivity index (χ3v) is 4.70. The molecule has 0 bridgehead atoms. The van der Waals surface area contributed by atoms with Crippen molar-refractivity contribution in [3.8, 4) is 0 Å². The third-order valence-electron chi connectivity index (χ3n) is 2.95. The van der Waals surface area contributed by atoms with Crippen LogP contribution in [-0.2, 0) is 6.42 Å². The predicted octanol–water partition coefficient (Wildman–Crippen LogP) is 3.87. The van der Waals surface area contributed by atoms with Crippen LogP contribution in [0.15, 0.2) is 12.4 Å². The first-order valence-electron chi connectivity index (χ1n) is 6.34. The van der Waals surface area contributed by atoms with Crippen molar-refractivity contribution in [2.75, 3.05) is 23.3 Å². The molecule has 0 fully saturated rings. The monoisotopic (exact) mass is 327 g/mol. The Bertz CT molecular complexity index is 512. The molecule has 0 saturated carbocycles. The number of thiophene rings is 1. The molecule has 18 heavy (non-hydrogen) atoms. The summed E-state index contributed by atoms with van der Waals surface area (Å²) < 4.78 is 0. The Hall–Kier alpha value is -0.680. The summed E-state index contributed by atoms with van der Waals surface area (Å²) in [6.45, 7) is 6.37. The van der Waals surface area contributed by atoms with Crippen LogP contribution in [0.4, 0.5) is 5.82 Å². The van der Waals surface area contributed by atoms with Crippen LogP contribution in [0.1, 0.15) is 25.1 Å². The van der Waals surface area contributed by atoms with Gasteiger partial charge in [0.25, 0.3) is 0 Å². The van der Waals surface area contributed by atoms with Gasteiger partial charge in [-0.1, -0.05) is 22.9 Å². The first-order valence-corrected chi connectivity index (χ1v) is 8.28. The van der Waals surface area contributed by atoms with Gasteiger partial charge in [-0.15, -0.1) is 11.3 Å². The summed E-state index contributed by atoms with van der Waals surface area (Å²) in [6.07, 6.45) is 3.88. The average molecular weight is 328 g/mol. The fourth-order valence-corrected chi connectivity index (χ4v) is 3.16. The third kappa shape index (κ3) is 2.83. The van der Waals surface area contributed by atoms with Crippen LogP contribution < -0.4 is 4.90 Å². The normalized spacial score (nSPS) is 11.1. The van der Waals surface area contributed by atoms with Gasteiger partial charge >= 0.3 is 0 Å². The van der Waals surface area contributed by atoms with E-state index in [1.165, 1.54) is 10.3 Å². The molecule has 2 aromatic heterocycles. The topological polar surface area (TPSA) is 29.0 Å². The van der Waals surface area contributed by atoms with Crippen molar-refractivity contribution in [1.29, 1.82) is 0 Å². The van der Waals surface area contributed by atoms with E-state index < -0.39 is 0 Å². The molecule has 2 heterocycles. The minimum Gasteiger partial charge on any atom is -0.356 e. The molecular weight excluding hydrogens is 310 g/mol. The molecule has 0 aliphatic carbocycles. The molecule has 0 amide bonds. The minimum atomic E-state index is 0.983. The molecule has 0 unspecified atom stereocenters. The number of anilines is 1. The zero-order valence-electron chi connectivity index (χ0n) is 10.8. The first kappa shape index (κ1) is 13.7. The first-order chi connectivity index (χ1) is 8.80. The van der Waals surface area contributed by atoms with E-state index in [2.05, 4.69) is 50.7 Å². The number of aromatic nitrogens is 2. The molecule has 3 nitrogen and oxygen atoms in total. The van der Waals surface area contributed by atoms with Crippen LogP contribution in [0.3, 0.4) is 0 Å². The Morgan fingerprint density at radius 3 is 2.83 bits per heavy atom. The number of alkyl halides is 1. The van der Waals surface area contributed by atoms with Gasteiger partial charge in [0.15, 0.2) is 0 Å². The highest BCUT2D eigenvalue weighted by molar-refractivity contribution is 9.09. The van der Waals surface area contributed by atoms with Crippen molar-refractivity contribution in [2.45, 2.75) is 26.7 Å². The van der Waals surface area contributed by atoms with Crippen molar-refractivity contribution < 1.29 is 0 Å². The van der Waals surface area contributed by atoms with Gasteiger partial charge in [-0.3, -0.25) is 0 Å². The van der Waals surface area contributed by atoms with Crippen molar-refractivity contribution in [3.63, 3.8) is 0 Å². The standard InChI is InChI=1S/C13H18BrN3S/c1-3-10-8-11-12(15-9-16-13(11)18-10)17(4-2)7-5-6-14/h8-9H,3-7H2,1-2H3. The van der Waals surface area contributed by atoms with Gasteiger partial charge in [-0.25, -0.2) is 9.97 Å². The lowest BCUT2D eigenvalue weighted by molar-refractivity contribution is 0.788. The molecule has 0 spiro atoms. The van der Waals surface area contributed by atoms with Gasteiger partial charge in [0, 0.05) is 23.3 Å². The second kappa shape index (κ2) is 6.48. The molecule has 0 N–H and O–H groups in total. The Balaban J connectivity index is 2.38. The quantitative estimate of drug-likeness (QED) is 0.754. The molecule has 2 rings (SSSR count). The maximum absolute atomic E-state index is 4.48. The molecule has 5 heteroatoms. The van der Waals surface area contributed by atoms with Crippen LogP contribution in [0.2, 0.25) is 0 Å². The van der Waals surface area contributed by atoms with Gasteiger partial charge in [-0.2, -0.15) is 0 Å².